The normalized spacial score (nSPS) is 12.7. The van der Waals surface area contributed by atoms with E-state index in [0.29, 0.717) is 23.9 Å². The average Bonchev–Trinajstić information content (AvgIpc) is 2.64. The van der Waals surface area contributed by atoms with Gasteiger partial charge >= 0.3 is 0 Å². The number of nitrogens with zero attached hydrogens (tertiary/aromatic N) is 2. The number of allylic oxidation sites excluding steroid dienone is 1. The van der Waals surface area contributed by atoms with Gasteiger partial charge in [0.15, 0.2) is 11.6 Å². The molecule has 140 valence electrons. The van der Waals surface area contributed by atoms with Gasteiger partial charge in [0.2, 0.25) is 0 Å². The van der Waals surface area contributed by atoms with Crippen molar-refractivity contribution in [2.45, 2.75) is 32.3 Å². The second-order valence-electron chi connectivity index (χ2n) is 6.44. The zero-order valence-corrected chi connectivity index (χ0v) is 14.9. The third kappa shape index (κ3) is 4.46. The van der Waals surface area contributed by atoms with Crippen molar-refractivity contribution in [1.82, 2.24) is 9.97 Å². The van der Waals surface area contributed by atoms with Crippen LogP contribution in [-0.4, -0.2) is 26.3 Å². The van der Waals surface area contributed by atoms with E-state index in [2.05, 4.69) is 9.97 Å². The molecule has 3 aromatic rings. The van der Waals surface area contributed by atoms with E-state index in [-0.39, 0.29) is 28.7 Å². The molecule has 2 aromatic carbocycles. The molecule has 3 rings (SSSR count). The van der Waals surface area contributed by atoms with Crippen LogP contribution in [0.4, 0.5) is 8.78 Å². The zero-order chi connectivity index (χ0) is 19.4. The molecule has 0 bridgehead atoms. The van der Waals surface area contributed by atoms with Crippen molar-refractivity contribution in [1.29, 1.82) is 0 Å². The molecule has 1 aromatic heterocycles. The van der Waals surface area contributed by atoms with E-state index >= 15 is 0 Å². The highest BCUT2D eigenvalue weighted by Crippen LogP contribution is 2.27. The maximum absolute atomic E-state index is 14.5. The minimum atomic E-state index is -0.978. The summed E-state index contributed by atoms with van der Waals surface area (Å²) in [6.45, 7) is 1.72. The first-order valence-corrected chi connectivity index (χ1v) is 8.74. The van der Waals surface area contributed by atoms with Crippen molar-refractivity contribution in [2.75, 3.05) is 0 Å². The third-order valence-electron chi connectivity index (χ3n) is 4.20. The van der Waals surface area contributed by atoms with Crippen LogP contribution in [0.2, 0.25) is 0 Å². The van der Waals surface area contributed by atoms with E-state index in [1.807, 2.05) is 0 Å². The van der Waals surface area contributed by atoms with Crippen LogP contribution in [0.15, 0.2) is 42.6 Å². The van der Waals surface area contributed by atoms with E-state index in [1.54, 1.807) is 25.1 Å². The number of phenolic OH excluding ortho intramolecular Hbond substituents is 1. The molecule has 0 amide bonds. The lowest BCUT2D eigenvalue weighted by Gasteiger charge is -2.07. The highest BCUT2D eigenvalue weighted by molar-refractivity contribution is 5.78. The van der Waals surface area contributed by atoms with Crippen LogP contribution < -0.4 is 0 Å². The number of aliphatic hydroxyl groups is 1. The van der Waals surface area contributed by atoms with Gasteiger partial charge in [-0.3, -0.25) is 4.98 Å². The molecule has 27 heavy (non-hydrogen) atoms. The van der Waals surface area contributed by atoms with E-state index in [9.17, 15) is 19.0 Å². The van der Waals surface area contributed by atoms with Gasteiger partial charge in [-0.05, 0) is 44.4 Å². The van der Waals surface area contributed by atoms with Gasteiger partial charge in [0, 0.05) is 17.2 Å². The SMILES string of the molecule is CC(O)CCC/C=C/c1ccc(-c2cnc3cc(O)ccc3n2)c(F)c1F. The number of hydrogen-bond acceptors (Lipinski definition) is 4. The first kappa shape index (κ1) is 18.9. The number of aliphatic hydroxyl groups excluding tert-OH is 1. The van der Waals surface area contributed by atoms with E-state index < -0.39 is 11.6 Å². The number of unbranched alkanes of at least 4 members (excludes halogenated alkanes) is 1. The topological polar surface area (TPSA) is 66.2 Å². The highest BCUT2D eigenvalue weighted by Gasteiger charge is 2.15. The monoisotopic (exact) mass is 370 g/mol. The molecule has 0 spiro atoms. The summed E-state index contributed by atoms with van der Waals surface area (Å²) in [6.07, 6.45) is 6.42. The Morgan fingerprint density at radius 1 is 1.11 bits per heavy atom. The molecule has 2 N–H and O–H groups in total. The summed E-state index contributed by atoms with van der Waals surface area (Å²) < 4.78 is 28.9. The second-order valence-corrected chi connectivity index (χ2v) is 6.44. The van der Waals surface area contributed by atoms with Crippen LogP contribution in [-0.2, 0) is 0 Å². The zero-order valence-electron chi connectivity index (χ0n) is 14.9. The van der Waals surface area contributed by atoms with Crippen molar-refractivity contribution in [3.8, 4) is 17.0 Å². The predicted octanol–water partition coefficient (Wildman–Crippen LogP) is 4.84. The number of fused-ring (bicyclic) bond motifs is 1. The number of phenols is 1. The fourth-order valence-corrected chi connectivity index (χ4v) is 2.76. The summed E-state index contributed by atoms with van der Waals surface area (Å²) in [5.74, 6) is -1.85. The fourth-order valence-electron chi connectivity index (χ4n) is 2.76. The van der Waals surface area contributed by atoms with Gasteiger partial charge in [0.1, 0.15) is 5.75 Å². The van der Waals surface area contributed by atoms with Gasteiger partial charge in [-0.15, -0.1) is 0 Å². The Bertz CT molecular complexity index is 987. The average molecular weight is 370 g/mol. The number of aromatic nitrogens is 2. The molecule has 0 fully saturated rings. The maximum atomic E-state index is 14.5. The highest BCUT2D eigenvalue weighted by atomic mass is 19.2. The Hall–Kier alpha value is -2.86. The first-order chi connectivity index (χ1) is 13.0. The molecular formula is C21H20F2N2O2. The van der Waals surface area contributed by atoms with Crippen molar-refractivity contribution < 1.29 is 19.0 Å². The van der Waals surface area contributed by atoms with Gasteiger partial charge < -0.3 is 10.2 Å². The number of halogens is 2. The molecule has 0 aliphatic rings. The Morgan fingerprint density at radius 2 is 1.93 bits per heavy atom. The van der Waals surface area contributed by atoms with Crippen molar-refractivity contribution in [2.24, 2.45) is 0 Å². The molecular weight excluding hydrogens is 350 g/mol. The van der Waals surface area contributed by atoms with Gasteiger partial charge in [-0.1, -0.05) is 18.2 Å². The van der Waals surface area contributed by atoms with Gasteiger partial charge in [-0.2, -0.15) is 0 Å². The fraction of sp³-hybridized carbons (Fsp3) is 0.238. The lowest BCUT2D eigenvalue weighted by molar-refractivity contribution is 0.182. The van der Waals surface area contributed by atoms with E-state index in [0.717, 1.165) is 6.42 Å². The Labute approximate surface area is 155 Å². The van der Waals surface area contributed by atoms with Crippen LogP contribution in [0.5, 0.6) is 5.75 Å². The Kier molecular flexibility index (Phi) is 5.76. The van der Waals surface area contributed by atoms with Crippen molar-refractivity contribution in [3.63, 3.8) is 0 Å². The predicted molar refractivity (Wildman–Crippen MR) is 101 cm³/mol. The molecule has 0 saturated heterocycles. The number of rotatable bonds is 6. The Balaban J connectivity index is 1.84. The van der Waals surface area contributed by atoms with Gasteiger partial charge in [-0.25, -0.2) is 13.8 Å². The van der Waals surface area contributed by atoms with E-state index in [1.165, 1.54) is 30.5 Å². The van der Waals surface area contributed by atoms with Crippen LogP contribution in [0.25, 0.3) is 28.4 Å². The number of hydrogen-bond donors (Lipinski definition) is 2. The first-order valence-electron chi connectivity index (χ1n) is 8.74. The molecule has 0 saturated carbocycles. The summed E-state index contributed by atoms with van der Waals surface area (Å²) >= 11 is 0. The molecule has 4 nitrogen and oxygen atoms in total. The standard InChI is InChI=1S/C21H20F2N2O2/c1-13(26)5-3-2-4-6-14-7-9-16(21(23)20(14)22)19-12-24-18-11-15(27)8-10-17(18)25-19/h4,6-13,26-27H,2-3,5H2,1H3/b6-4+. The molecule has 6 heteroatoms. The molecule has 0 aliphatic heterocycles. The second kappa shape index (κ2) is 8.22. The molecule has 1 heterocycles. The smallest absolute Gasteiger partial charge is 0.168 e. The summed E-state index contributed by atoms with van der Waals surface area (Å²) in [7, 11) is 0. The van der Waals surface area contributed by atoms with Gasteiger partial charge in [0.05, 0.1) is 29.0 Å². The lowest BCUT2D eigenvalue weighted by atomic mass is 10.1. The van der Waals surface area contributed by atoms with Crippen molar-refractivity contribution in [3.05, 3.63) is 59.8 Å². The van der Waals surface area contributed by atoms with Crippen LogP contribution in [0.3, 0.4) is 0 Å². The molecule has 0 radical (unpaired) electrons. The summed E-state index contributed by atoms with van der Waals surface area (Å²) in [5, 5.41) is 18.7. The minimum Gasteiger partial charge on any atom is -0.508 e. The molecule has 1 atom stereocenters. The molecule has 0 aliphatic carbocycles. The van der Waals surface area contributed by atoms with Crippen molar-refractivity contribution >= 4 is 17.1 Å². The quantitative estimate of drug-likeness (QED) is 0.609. The largest absolute Gasteiger partial charge is 0.508 e. The number of benzene rings is 2. The van der Waals surface area contributed by atoms with Crippen LogP contribution in [0.1, 0.15) is 31.7 Å². The van der Waals surface area contributed by atoms with Crippen LogP contribution in [0, 0.1) is 11.6 Å². The number of aromatic hydroxyl groups is 1. The summed E-state index contributed by atoms with van der Waals surface area (Å²) in [5.41, 5.74) is 1.36. The van der Waals surface area contributed by atoms with E-state index in [4.69, 9.17) is 0 Å². The summed E-state index contributed by atoms with van der Waals surface area (Å²) in [4.78, 5) is 8.45. The summed E-state index contributed by atoms with van der Waals surface area (Å²) in [6, 6.07) is 7.46. The molecule has 1 unspecified atom stereocenters. The maximum Gasteiger partial charge on any atom is 0.168 e. The Morgan fingerprint density at radius 3 is 2.70 bits per heavy atom. The lowest BCUT2D eigenvalue weighted by Crippen LogP contribution is -1.97. The minimum absolute atomic E-state index is 0.0289. The third-order valence-corrected chi connectivity index (χ3v) is 4.20. The van der Waals surface area contributed by atoms with Crippen LogP contribution >= 0.6 is 0 Å². The van der Waals surface area contributed by atoms with Gasteiger partial charge in [0.25, 0.3) is 0 Å².